The minimum atomic E-state index is -0.0762. The Kier molecular flexibility index (Phi) is 3.68. The highest BCUT2D eigenvalue weighted by atomic mass is 16.7. The van der Waals surface area contributed by atoms with Crippen LogP contribution >= 0.6 is 0 Å². The van der Waals surface area contributed by atoms with Crippen molar-refractivity contribution in [2.75, 3.05) is 24.6 Å². The average molecular weight is 328 g/mol. The number of tetrazole rings is 1. The van der Waals surface area contributed by atoms with Crippen LogP contribution in [0.25, 0.3) is 0 Å². The lowest BCUT2D eigenvalue weighted by Crippen LogP contribution is -2.55. The fourth-order valence-electron chi connectivity index (χ4n) is 3.25. The van der Waals surface area contributed by atoms with Gasteiger partial charge in [-0.3, -0.25) is 9.63 Å². The standard InChI is InChI=1S/C16H20N6O2/c1-11-3-5-12(6-4-11)14-7-8-24-22(14)15(23)13-9-21(10-13)16-17-18-19-20(16)2/h3-6,13-14H,7-10H2,1-2H3. The summed E-state index contributed by atoms with van der Waals surface area (Å²) in [5.41, 5.74) is 2.34. The molecule has 0 radical (unpaired) electrons. The van der Waals surface area contributed by atoms with E-state index in [2.05, 4.69) is 46.7 Å². The number of benzene rings is 1. The predicted octanol–water partition coefficient (Wildman–Crippen LogP) is 0.860. The molecule has 2 saturated heterocycles. The number of hydroxylamine groups is 2. The molecule has 126 valence electrons. The minimum absolute atomic E-state index is 0.00337. The first kappa shape index (κ1) is 15.1. The Balaban J connectivity index is 1.43. The molecule has 2 fully saturated rings. The molecule has 1 amide bonds. The van der Waals surface area contributed by atoms with E-state index in [9.17, 15) is 4.79 Å². The molecule has 0 saturated carbocycles. The molecule has 0 aliphatic carbocycles. The summed E-state index contributed by atoms with van der Waals surface area (Å²) in [4.78, 5) is 20.4. The van der Waals surface area contributed by atoms with Gasteiger partial charge in [-0.1, -0.05) is 34.9 Å². The highest BCUT2D eigenvalue weighted by molar-refractivity contribution is 5.81. The number of carbonyl (C=O) groups is 1. The van der Waals surface area contributed by atoms with Crippen LogP contribution in [0, 0.1) is 12.8 Å². The second kappa shape index (κ2) is 5.86. The number of anilines is 1. The maximum atomic E-state index is 12.8. The van der Waals surface area contributed by atoms with Crippen molar-refractivity contribution in [2.24, 2.45) is 13.0 Å². The molecule has 3 heterocycles. The van der Waals surface area contributed by atoms with E-state index in [1.807, 2.05) is 4.90 Å². The summed E-state index contributed by atoms with van der Waals surface area (Å²) in [6, 6.07) is 8.30. The fraction of sp³-hybridized carbons (Fsp3) is 0.500. The van der Waals surface area contributed by atoms with E-state index in [0.717, 1.165) is 12.0 Å². The molecule has 2 aromatic rings. The normalized spacial score (nSPS) is 21.2. The van der Waals surface area contributed by atoms with Crippen molar-refractivity contribution in [3.05, 3.63) is 35.4 Å². The van der Waals surface area contributed by atoms with Crippen molar-refractivity contribution in [1.82, 2.24) is 25.3 Å². The first-order chi connectivity index (χ1) is 11.6. The Labute approximate surface area is 139 Å². The Hall–Kier alpha value is -2.48. The molecular weight excluding hydrogens is 308 g/mol. The second-order valence-corrected chi connectivity index (χ2v) is 6.42. The van der Waals surface area contributed by atoms with Gasteiger partial charge in [-0.05, 0) is 22.9 Å². The fourth-order valence-corrected chi connectivity index (χ4v) is 3.25. The summed E-state index contributed by atoms with van der Waals surface area (Å²) in [5, 5.41) is 13.0. The largest absolute Gasteiger partial charge is 0.338 e. The third-order valence-electron chi connectivity index (χ3n) is 4.70. The molecule has 1 aromatic carbocycles. The van der Waals surface area contributed by atoms with Crippen LogP contribution in [0.3, 0.4) is 0 Å². The van der Waals surface area contributed by atoms with E-state index >= 15 is 0 Å². The van der Waals surface area contributed by atoms with Gasteiger partial charge in [0.15, 0.2) is 0 Å². The highest BCUT2D eigenvalue weighted by Crippen LogP contribution is 2.33. The number of rotatable bonds is 3. The summed E-state index contributed by atoms with van der Waals surface area (Å²) < 4.78 is 1.61. The molecule has 8 heteroatoms. The Morgan fingerprint density at radius 3 is 2.67 bits per heavy atom. The van der Waals surface area contributed by atoms with Crippen molar-refractivity contribution in [3.63, 3.8) is 0 Å². The second-order valence-electron chi connectivity index (χ2n) is 6.42. The first-order valence-corrected chi connectivity index (χ1v) is 8.13. The van der Waals surface area contributed by atoms with E-state index in [1.54, 1.807) is 16.8 Å². The molecule has 2 aliphatic heterocycles. The van der Waals surface area contributed by atoms with Crippen LogP contribution in [0.15, 0.2) is 24.3 Å². The number of aromatic nitrogens is 4. The van der Waals surface area contributed by atoms with Crippen LogP contribution in [-0.2, 0) is 16.7 Å². The summed E-state index contributed by atoms with van der Waals surface area (Å²) in [6.45, 7) is 3.87. The van der Waals surface area contributed by atoms with Gasteiger partial charge in [-0.15, -0.1) is 0 Å². The van der Waals surface area contributed by atoms with Crippen LogP contribution in [0.5, 0.6) is 0 Å². The van der Waals surface area contributed by atoms with E-state index in [4.69, 9.17) is 4.84 Å². The van der Waals surface area contributed by atoms with Crippen molar-refractivity contribution in [3.8, 4) is 0 Å². The van der Waals surface area contributed by atoms with Gasteiger partial charge in [0.05, 0.1) is 18.6 Å². The number of amides is 1. The molecular formula is C16H20N6O2. The molecule has 0 bridgehead atoms. The lowest BCUT2D eigenvalue weighted by atomic mass is 9.97. The summed E-state index contributed by atoms with van der Waals surface area (Å²) in [7, 11) is 1.79. The molecule has 4 rings (SSSR count). The number of hydrogen-bond acceptors (Lipinski definition) is 6. The minimum Gasteiger partial charge on any atom is -0.338 e. The Bertz CT molecular complexity index is 737. The van der Waals surface area contributed by atoms with Gasteiger partial charge >= 0.3 is 0 Å². The molecule has 1 aromatic heterocycles. The van der Waals surface area contributed by atoms with Crippen molar-refractivity contribution < 1.29 is 9.63 Å². The van der Waals surface area contributed by atoms with Crippen LogP contribution < -0.4 is 4.90 Å². The monoisotopic (exact) mass is 328 g/mol. The molecule has 2 aliphatic rings. The molecule has 8 nitrogen and oxygen atoms in total. The molecule has 1 unspecified atom stereocenters. The van der Waals surface area contributed by atoms with Crippen molar-refractivity contribution in [2.45, 2.75) is 19.4 Å². The van der Waals surface area contributed by atoms with Gasteiger partial charge < -0.3 is 4.90 Å². The van der Waals surface area contributed by atoms with Gasteiger partial charge in [-0.2, -0.15) is 0 Å². The molecule has 0 spiro atoms. The number of hydrogen-bond donors (Lipinski definition) is 0. The van der Waals surface area contributed by atoms with Crippen LogP contribution in [-0.4, -0.2) is 50.9 Å². The van der Waals surface area contributed by atoms with E-state index in [0.29, 0.717) is 25.6 Å². The SMILES string of the molecule is Cc1ccc(C2CCON2C(=O)C2CN(c3nnnn3C)C2)cc1. The van der Waals surface area contributed by atoms with Crippen LogP contribution in [0.2, 0.25) is 0 Å². The number of nitrogens with zero attached hydrogens (tertiary/aromatic N) is 6. The summed E-state index contributed by atoms with van der Waals surface area (Å²) in [5.74, 6) is 0.661. The summed E-state index contributed by atoms with van der Waals surface area (Å²) in [6.07, 6.45) is 0.832. The average Bonchev–Trinajstić information content (AvgIpc) is 3.16. The van der Waals surface area contributed by atoms with Crippen LogP contribution in [0.4, 0.5) is 5.95 Å². The quantitative estimate of drug-likeness (QED) is 0.832. The lowest BCUT2D eigenvalue weighted by Gasteiger charge is -2.40. The van der Waals surface area contributed by atoms with E-state index in [-0.39, 0.29) is 17.9 Å². The summed E-state index contributed by atoms with van der Waals surface area (Å²) >= 11 is 0. The van der Waals surface area contributed by atoms with E-state index < -0.39 is 0 Å². The zero-order valence-electron chi connectivity index (χ0n) is 13.8. The zero-order valence-corrected chi connectivity index (χ0v) is 13.8. The predicted molar refractivity (Wildman–Crippen MR) is 85.8 cm³/mol. The number of carbonyl (C=O) groups excluding carboxylic acids is 1. The molecule has 1 atom stereocenters. The maximum absolute atomic E-state index is 12.8. The first-order valence-electron chi connectivity index (χ1n) is 8.13. The molecule has 24 heavy (non-hydrogen) atoms. The van der Waals surface area contributed by atoms with Gasteiger partial charge in [-0.25, -0.2) is 9.75 Å². The Morgan fingerprint density at radius 1 is 1.25 bits per heavy atom. The smallest absolute Gasteiger partial charge is 0.253 e. The molecule has 0 N–H and O–H groups in total. The van der Waals surface area contributed by atoms with E-state index in [1.165, 1.54) is 5.56 Å². The number of aryl methyl sites for hydroxylation is 2. The van der Waals surface area contributed by atoms with Gasteiger partial charge in [0.25, 0.3) is 5.91 Å². The van der Waals surface area contributed by atoms with Gasteiger partial charge in [0.1, 0.15) is 0 Å². The maximum Gasteiger partial charge on any atom is 0.253 e. The highest BCUT2D eigenvalue weighted by Gasteiger charge is 2.42. The third kappa shape index (κ3) is 2.52. The lowest BCUT2D eigenvalue weighted by molar-refractivity contribution is -0.182. The Morgan fingerprint density at radius 2 is 2.00 bits per heavy atom. The van der Waals surface area contributed by atoms with Crippen LogP contribution in [0.1, 0.15) is 23.6 Å². The topological polar surface area (TPSA) is 76.4 Å². The third-order valence-corrected chi connectivity index (χ3v) is 4.70. The van der Waals surface area contributed by atoms with Crippen molar-refractivity contribution in [1.29, 1.82) is 0 Å². The van der Waals surface area contributed by atoms with Gasteiger partial charge in [0.2, 0.25) is 5.95 Å². The zero-order chi connectivity index (χ0) is 16.7. The van der Waals surface area contributed by atoms with Crippen molar-refractivity contribution >= 4 is 11.9 Å². The van der Waals surface area contributed by atoms with Gasteiger partial charge in [0, 0.05) is 26.6 Å².